The molecule has 0 radical (unpaired) electrons. The van der Waals surface area contributed by atoms with Crippen LogP contribution in [0.5, 0.6) is 0 Å². The van der Waals surface area contributed by atoms with Crippen molar-refractivity contribution in [3.63, 3.8) is 0 Å². The van der Waals surface area contributed by atoms with Gasteiger partial charge in [0.15, 0.2) is 11.5 Å². The molecule has 0 aliphatic rings. The maximum atomic E-state index is 12.1. The van der Waals surface area contributed by atoms with Crippen LogP contribution in [-0.2, 0) is 29.1 Å². The highest BCUT2D eigenvalue weighted by atomic mass is 16.5. The molecule has 0 unspecified atom stereocenters. The fourth-order valence-electron chi connectivity index (χ4n) is 1.83. The molecule has 21 heavy (non-hydrogen) atoms. The van der Waals surface area contributed by atoms with Gasteiger partial charge in [0.25, 0.3) is 0 Å². The molecule has 0 spiro atoms. The van der Waals surface area contributed by atoms with Crippen LogP contribution in [0.1, 0.15) is 34.5 Å². The third-order valence-electron chi connectivity index (χ3n) is 2.88. The predicted octanol–water partition coefficient (Wildman–Crippen LogP) is 2.54. The number of carbonyl (C=O) groups excluding carboxylic acids is 1. The minimum absolute atomic E-state index is 0.227. The zero-order chi connectivity index (χ0) is 15.1. The van der Waals surface area contributed by atoms with E-state index in [1.807, 2.05) is 37.3 Å². The van der Waals surface area contributed by atoms with E-state index in [1.165, 1.54) is 0 Å². The van der Waals surface area contributed by atoms with Gasteiger partial charge in [0.1, 0.15) is 13.2 Å². The lowest BCUT2D eigenvalue weighted by Gasteiger charge is -2.07. The SMILES string of the molecule is CCc1cc(C(=O)OCc2ccccc2)nc(COC)n1. The molecule has 5 nitrogen and oxygen atoms in total. The second-order valence-electron chi connectivity index (χ2n) is 4.51. The van der Waals surface area contributed by atoms with Gasteiger partial charge in [-0.05, 0) is 18.1 Å². The third-order valence-corrected chi connectivity index (χ3v) is 2.88. The monoisotopic (exact) mass is 286 g/mol. The second kappa shape index (κ2) is 7.50. The largest absolute Gasteiger partial charge is 0.456 e. The molecule has 1 aromatic heterocycles. The molecular weight excluding hydrogens is 268 g/mol. The quantitative estimate of drug-likeness (QED) is 0.764. The van der Waals surface area contributed by atoms with Gasteiger partial charge in [-0.1, -0.05) is 37.3 Å². The smallest absolute Gasteiger partial charge is 0.357 e. The topological polar surface area (TPSA) is 61.3 Å². The van der Waals surface area contributed by atoms with Crippen molar-refractivity contribution in [3.8, 4) is 0 Å². The summed E-state index contributed by atoms with van der Waals surface area (Å²) < 4.78 is 10.3. The van der Waals surface area contributed by atoms with Crippen molar-refractivity contribution in [1.29, 1.82) is 0 Å². The summed E-state index contributed by atoms with van der Waals surface area (Å²) in [4.78, 5) is 20.6. The maximum absolute atomic E-state index is 12.1. The molecule has 110 valence electrons. The van der Waals surface area contributed by atoms with Gasteiger partial charge < -0.3 is 9.47 Å². The van der Waals surface area contributed by atoms with Gasteiger partial charge in [-0.25, -0.2) is 14.8 Å². The molecular formula is C16H18N2O3. The summed E-state index contributed by atoms with van der Waals surface area (Å²) in [6.45, 7) is 2.47. The van der Waals surface area contributed by atoms with E-state index in [2.05, 4.69) is 9.97 Å². The first-order valence-electron chi connectivity index (χ1n) is 6.79. The molecule has 0 aliphatic heterocycles. The lowest BCUT2D eigenvalue weighted by atomic mass is 10.2. The Kier molecular flexibility index (Phi) is 5.40. The van der Waals surface area contributed by atoms with Crippen molar-refractivity contribution >= 4 is 5.97 Å². The van der Waals surface area contributed by atoms with E-state index in [9.17, 15) is 4.79 Å². The average Bonchev–Trinajstić information content (AvgIpc) is 2.53. The van der Waals surface area contributed by atoms with Crippen molar-refractivity contribution in [3.05, 3.63) is 59.2 Å². The molecule has 0 saturated heterocycles. The fourth-order valence-corrected chi connectivity index (χ4v) is 1.83. The zero-order valence-corrected chi connectivity index (χ0v) is 12.2. The Morgan fingerprint density at radius 2 is 1.90 bits per heavy atom. The maximum Gasteiger partial charge on any atom is 0.357 e. The summed E-state index contributed by atoms with van der Waals surface area (Å²) in [5.41, 5.74) is 2.00. The van der Waals surface area contributed by atoms with Crippen LogP contribution in [0.4, 0.5) is 0 Å². The van der Waals surface area contributed by atoms with Crippen molar-refractivity contribution < 1.29 is 14.3 Å². The Hall–Kier alpha value is -2.27. The number of benzene rings is 1. The molecule has 2 rings (SSSR count). The number of ether oxygens (including phenoxy) is 2. The van der Waals surface area contributed by atoms with E-state index in [-0.39, 0.29) is 18.9 Å². The fraction of sp³-hybridized carbons (Fsp3) is 0.312. The highest BCUT2D eigenvalue weighted by molar-refractivity contribution is 5.87. The predicted molar refractivity (Wildman–Crippen MR) is 77.7 cm³/mol. The molecule has 0 bridgehead atoms. The van der Waals surface area contributed by atoms with Crippen LogP contribution in [0.2, 0.25) is 0 Å². The molecule has 0 saturated carbocycles. The summed E-state index contributed by atoms with van der Waals surface area (Å²) in [6, 6.07) is 11.2. The standard InChI is InChI=1S/C16H18N2O3/c1-3-13-9-14(18-15(17-13)11-20-2)16(19)21-10-12-7-5-4-6-8-12/h4-9H,3,10-11H2,1-2H3. The first-order chi connectivity index (χ1) is 10.2. The average molecular weight is 286 g/mol. The van der Waals surface area contributed by atoms with E-state index < -0.39 is 5.97 Å². The van der Waals surface area contributed by atoms with E-state index in [0.717, 1.165) is 17.7 Å². The van der Waals surface area contributed by atoms with Crippen molar-refractivity contribution in [1.82, 2.24) is 9.97 Å². The number of rotatable bonds is 6. The number of aromatic nitrogens is 2. The lowest BCUT2D eigenvalue weighted by molar-refractivity contribution is 0.0464. The number of aryl methyl sites for hydroxylation is 1. The molecule has 0 atom stereocenters. The summed E-state index contributed by atoms with van der Waals surface area (Å²) in [7, 11) is 1.56. The van der Waals surface area contributed by atoms with E-state index >= 15 is 0 Å². The number of hydrogen-bond donors (Lipinski definition) is 0. The summed E-state index contributed by atoms with van der Waals surface area (Å²) >= 11 is 0. The first kappa shape index (κ1) is 15.1. The normalized spacial score (nSPS) is 10.4. The number of methoxy groups -OCH3 is 1. The van der Waals surface area contributed by atoms with Crippen LogP contribution in [0.15, 0.2) is 36.4 Å². The van der Waals surface area contributed by atoms with Gasteiger partial charge >= 0.3 is 5.97 Å². The highest BCUT2D eigenvalue weighted by Crippen LogP contribution is 2.08. The van der Waals surface area contributed by atoms with Crippen LogP contribution in [0.3, 0.4) is 0 Å². The number of nitrogens with zero attached hydrogens (tertiary/aromatic N) is 2. The molecule has 0 aliphatic carbocycles. The molecule has 1 heterocycles. The highest BCUT2D eigenvalue weighted by Gasteiger charge is 2.13. The summed E-state index contributed by atoms with van der Waals surface area (Å²) in [5, 5.41) is 0. The zero-order valence-electron chi connectivity index (χ0n) is 12.2. The molecule has 2 aromatic rings. The summed E-state index contributed by atoms with van der Waals surface area (Å²) in [5.74, 6) is 0.0387. The number of hydrogen-bond acceptors (Lipinski definition) is 5. The second-order valence-corrected chi connectivity index (χ2v) is 4.51. The van der Waals surface area contributed by atoms with Crippen molar-refractivity contribution in [2.45, 2.75) is 26.6 Å². The minimum atomic E-state index is -0.451. The van der Waals surface area contributed by atoms with Crippen LogP contribution in [0.25, 0.3) is 0 Å². The molecule has 5 heteroatoms. The summed E-state index contributed by atoms with van der Waals surface area (Å²) in [6.07, 6.45) is 0.720. The Balaban J connectivity index is 2.09. The molecule has 0 amide bonds. The van der Waals surface area contributed by atoms with Crippen molar-refractivity contribution in [2.24, 2.45) is 0 Å². The van der Waals surface area contributed by atoms with Crippen LogP contribution in [-0.4, -0.2) is 23.0 Å². The number of esters is 1. The Labute approximate surface area is 124 Å². The Bertz CT molecular complexity index is 600. The van der Waals surface area contributed by atoms with E-state index in [0.29, 0.717) is 5.82 Å². The Morgan fingerprint density at radius 3 is 2.57 bits per heavy atom. The van der Waals surface area contributed by atoms with Gasteiger partial charge in [-0.3, -0.25) is 0 Å². The first-order valence-corrected chi connectivity index (χ1v) is 6.79. The number of carbonyl (C=O) groups is 1. The minimum Gasteiger partial charge on any atom is -0.456 e. The third kappa shape index (κ3) is 4.36. The van der Waals surface area contributed by atoms with E-state index in [1.54, 1.807) is 13.2 Å². The molecule has 0 fully saturated rings. The van der Waals surface area contributed by atoms with Gasteiger partial charge in [0.2, 0.25) is 0 Å². The van der Waals surface area contributed by atoms with Crippen LogP contribution >= 0.6 is 0 Å². The van der Waals surface area contributed by atoms with Crippen molar-refractivity contribution in [2.75, 3.05) is 7.11 Å². The lowest BCUT2D eigenvalue weighted by Crippen LogP contribution is -2.12. The van der Waals surface area contributed by atoms with E-state index in [4.69, 9.17) is 9.47 Å². The van der Waals surface area contributed by atoms with Crippen LogP contribution in [0, 0.1) is 0 Å². The van der Waals surface area contributed by atoms with Gasteiger partial charge in [-0.2, -0.15) is 0 Å². The Morgan fingerprint density at radius 1 is 1.14 bits per heavy atom. The molecule has 1 aromatic carbocycles. The van der Waals surface area contributed by atoms with Crippen LogP contribution < -0.4 is 0 Å². The molecule has 0 N–H and O–H groups in total. The van der Waals surface area contributed by atoms with Gasteiger partial charge in [-0.15, -0.1) is 0 Å². The van der Waals surface area contributed by atoms with Gasteiger partial charge in [0, 0.05) is 12.8 Å². The van der Waals surface area contributed by atoms with Gasteiger partial charge in [0.05, 0.1) is 0 Å².